The zero-order valence-corrected chi connectivity index (χ0v) is 11.9. The van der Waals surface area contributed by atoms with Crippen molar-refractivity contribution in [3.8, 4) is 5.75 Å². The van der Waals surface area contributed by atoms with Crippen LogP contribution in [0.2, 0.25) is 0 Å². The number of Topliss-reactive ketones (excluding diaryl/α,β-unsaturated/α-hetero) is 1. The minimum absolute atomic E-state index is 0.0292. The largest absolute Gasteiger partial charge is 0.573 e. The summed E-state index contributed by atoms with van der Waals surface area (Å²) in [6.45, 7) is 0. The molecule has 2 bridgehead atoms. The van der Waals surface area contributed by atoms with Crippen molar-refractivity contribution < 1.29 is 27.4 Å². The Labute approximate surface area is 126 Å². The van der Waals surface area contributed by atoms with Gasteiger partial charge in [0.1, 0.15) is 11.5 Å². The van der Waals surface area contributed by atoms with Crippen LogP contribution in [0.15, 0.2) is 24.3 Å². The first-order valence-corrected chi connectivity index (χ1v) is 7.42. The third kappa shape index (κ3) is 3.61. The average molecular weight is 314 g/mol. The van der Waals surface area contributed by atoms with E-state index in [1.165, 1.54) is 18.2 Å². The van der Waals surface area contributed by atoms with E-state index in [1.807, 2.05) is 0 Å². The molecule has 0 saturated carbocycles. The summed E-state index contributed by atoms with van der Waals surface area (Å²) >= 11 is 0. The smallest absolute Gasteiger partial charge is 0.405 e. The van der Waals surface area contributed by atoms with Crippen LogP contribution in [-0.2, 0) is 16.0 Å². The van der Waals surface area contributed by atoms with Crippen LogP contribution in [0.4, 0.5) is 13.2 Å². The molecule has 0 aliphatic carbocycles. The molecule has 2 saturated heterocycles. The molecule has 3 nitrogen and oxygen atoms in total. The maximum Gasteiger partial charge on any atom is 0.573 e. The summed E-state index contributed by atoms with van der Waals surface area (Å²) in [5.41, 5.74) is 0.281. The number of benzene rings is 1. The van der Waals surface area contributed by atoms with Gasteiger partial charge in [0, 0.05) is 17.9 Å². The highest BCUT2D eigenvalue weighted by molar-refractivity contribution is 5.84. The fourth-order valence-corrected chi connectivity index (χ4v) is 3.33. The number of carbonyl (C=O) groups is 1. The number of hydrogen-bond donors (Lipinski definition) is 0. The molecular weight excluding hydrogens is 297 g/mol. The van der Waals surface area contributed by atoms with Crippen molar-refractivity contribution in [1.29, 1.82) is 0 Å². The molecule has 0 N–H and O–H groups in total. The average Bonchev–Trinajstić information content (AvgIpc) is 2.78. The van der Waals surface area contributed by atoms with Gasteiger partial charge in [-0.3, -0.25) is 4.79 Å². The van der Waals surface area contributed by atoms with E-state index in [2.05, 4.69) is 4.74 Å². The van der Waals surface area contributed by atoms with Gasteiger partial charge in [-0.25, -0.2) is 0 Å². The standard InChI is InChI=1S/C16H17F3O3/c17-16(18,19)22-15-4-2-1-3-10(15)9-14(20)11-7-12-5-6-13(8-11)21-12/h1-4,11-13H,5-9H2. The Morgan fingerprint density at radius 2 is 1.82 bits per heavy atom. The second kappa shape index (κ2) is 5.91. The topological polar surface area (TPSA) is 35.5 Å². The number of fused-ring (bicyclic) bond motifs is 2. The van der Waals surface area contributed by atoms with Crippen LogP contribution in [0.3, 0.4) is 0 Å². The van der Waals surface area contributed by atoms with E-state index in [4.69, 9.17) is 4.74 Å². The van der Waals surface area contributed by atoms with Gasteiger partial charge >= 0.3 is 6.36 Å². The lowest BCUT2D eigenvalue weighted by Gasteiger charge is -2.27. The van der Waals surface area contributed by atoms with Crippen LogP contribution in [-0.4, -0.2) is 24.4 Å². The Morgan fingerprint density at radius 1 is 1.18 bits per heavy atom. The van der Waals surface area contributed by atoms with Gasteiger partial charge in [0.25, 0.3) is 0 Å². The first-order valence-electron chi connectivity index (χ1n) is 7.42. The van der Waals surface area contributed by atoms with Crippen molar-refractivity contribution in [3.05, 3.63) is 29.8 Å². The Morgan fingerprint density at radius 3 is 2.45 bits per heavy atom. The van der Waals surface area contributed by atoms with E-state index >= 15 is 0 Å². The summed E-state index contributed by atoms with van der Waals surface area (Å²) in [6, 6.07) is 5.82. The molecule has 0 aromatic heterocycles. The number of alkyl halides is 3. The van der Waals surface area contributed by atoms with Crippen molar-refractivity contribution in [3.63, 3.8) is 0 Å². The lowest BCUT2D eigenvalue weighted by Crippen LogP contribution is -2.31. The number of carbonyl (C=O) groups excluding carboxylic acids is 1. The Hall–Kier alpha value is -1.56. The molecule has 2 unspecified atom stereocenters. The molecule has 1 aromatic rings. The van der Waals surface area contributed by atoms with Crippen molar-refractivity contribution in [1.82, 2.24) is 0 Å². The fourth-order valence-electron chi connectivity index (χ4n) is 3.33. The van der Waals surface area contributed by atoms with Crippen LogP contribution < -0.4 is 4.74 Å². The predicted molar refractivity (Wildman–Crippen MR) is 72.5 cm³/mol. The SMILES string of the molecule is O=C(Cc1ccccc1OC(F)(F)F)C1CC2CCC(C1)O2. The van der Waals surface area contributed by atoms with Gasteiger partial charge in [-0.05, 0) is 31.7 Å². The minimum atomic E-state index is -4.75. The summed E-state index contributed by atoms with van der Waals surface area (Å²) in [5, 5.41) is 0. The van der Waals surface area contributed by atoms with Gasteiger partial charge in [0.2, 0.25) is 0 Å². The molecule has 22 heavy (non-hydrogen) atoms. The number of hydrogen-bond acceptors (Lipinski definition) is 3. The van der Waals surface area contributed by atoms with Gasteiger partial charge in [-0.15, -0.1) is 13.2 Å². The highest BCUT2D eigenvalue weighted by atomic mass is 19.4. The summed E-state index contributed by atoms with van der Waals surface area (Å²) in [7, 11) is 0. The number of rotatable bonds is 4. The van der Waals surface area contributed by atoms with Crippen LogP contribution >= 0.6 is 0 Å². The predicted octanol–water partition coefficient (Wildman–Crippen LogP) is 3.65. The normalized spacial score (nSPS) is 27.7. The lowest BCUT2D eigenvalue weighted by molar-refractivity contribution is -0.274. The zero-order valence-electron chi connectivity index (χ0n) is 11.9. The zero-order chi connectivity index (χ0) is 15.7. The Bertz CT molecular complexity index is 544. The van der Waals surface area contributed by atoms with Gasteiger partial charge in [0.05, 0.1) is 12.2 Å². The molecule has 6 heteroatoms. The highest BCUT2D eigenvalue weighted by Gasteiger charge is 2.38. The molecule has 2 fully saturated rings. The highest BCUT2D eigenvalue weighted by Crippen LogP contribution is 2.37. The van der Waals surface area contributed by atoms with E-state index in [9.17, 15) is 18.0 Å². The molecule has 0 spiro atoms. The summed E-state index contributed by atoms with van der Waals surface area (Å²) < 4.78 is 46.9. The minimum Gasteiger partial charge on any atom is -0.405 e. The molecule has 2 aliphatic rings. The van der Waals surface area contributed by atoms with E-state index in [-0.39, 0.29) is 41.6 Å². The summed E-state index contributed by atoms with van der Waals surface area (Å²) in [5.74, 6) is -0.443. The second-order valence-corrected chi connectivity index (χ2v) is 5.92. The van der Waals surface area contributed by atoms with Crippen molar-refractivity contribution >= 4 is 5.78 Å². The third-order valence-corrected chi connectivity index (χ3v) is 4.31. The first-order chi connectivity index (χ1) is 10.4. The van der Waals surface area contributed by atoms with Crippen molar-refractivity contribution in [2.24, 2.45) is 5.92 Å². The number of ketones is 1. The third-order valence-electron chi connectivity index (χ3n) is 4.31. The second-order valence-electron chi connectivity index (χ2n) is 5.92. The van der Waals surface area contributed by atoms with Crippen LogP contribution in [0, 0.1) is 5.92 Å². The molecule has 2 atom stereocenters. The molecule has 2 aliphatic heterocycles. The molecule has 3 rings (SSSR count). The molecule has 0 amide bonds. The van der Waals surface area contributed by atoms with Gasteiger partial charge in [-0.1, -0.05) is 18.2 Å². The van der Waals surface area contributed by atoms with Gasteiger partial charge in [-0.2, -0.15) is 0 Å². The van der Waals surface area contributed by atoms with Crippen molar-refractivity contribution in [2.45, 2.75) is 50.7 Å². The summed E-state index contributed by atoms with van der Waals surface area (Å²) in [4.78, 5) is 12.4. The monoisotopic (exact) mass is 314 g/mol. The van der Waals surface area contributed by atoms with E-state index in [0.29, 0.717) is 12.8 Å². The van der Waals surface area contributed by atoms with Crippen molar-refractivity contribution in [2.75, 3.05) is 0 Å². The Balaban J connectivity index is 1.69. The molecule has 120 valence electrons. The molecular formula is C16H17F3O3. The van der Waals surface area contributed by atoms with Crippen LogP contribution in [0.25, 0.3) is 0 Å². The maximum absolute atomic E-state index is 12.4. The fraction of sp³-hybridized carbons (Fsp3) is 0.562. The quantitative estimate of drug-likeness (QED) is 0.851. The van der Waals surface area contributed by atoms with Crippen LogP contribution in [0.1, 0.15) is 31.2 Å². The molecule has 1 aromatic carbocycles. The summed E-state index contributed by atoms with van der Waals surface area (Å²) in [6.07, 6.45) is -1.21. The van der Waals surface area contributed by atoms with Crippen LogP contribution in [0.5, 0.6) is 5.75 Å². The number of halogens is 3. The van der Waals surface area contributed by atoms with E-state index in [1.54, 1.807) is 6.07 Å². The molecule has 0 radical (unpaired) electrons. The van der Waals surface area contributed by atoms with E-state index in [0.717, 1.165) is 12.8 Å². The number of para-hydroxylation sites is 1. The van der Waals surface area contributed by atoms with Gasteiger partial charge < -0.3 is 9.47 Å². The van der Waals surface area contributed by atoms with Gasteiger partial charge in [0.15, 0.2) is 0 Å². The maximum atomic E-state index is 12.4. The number of ether oxygens (including phenoxy) is 2. The molecule has 2 heterocycles. The lowest BCUT2D eigenvalue weighted by atomic mass is 9.88. The van der Waals surface area contributed by atoms with E-state index < -0.39 is 6.36 Å². The Kier molecular flexibility index (Phi) is 4.12. The first kappa shape index (κ1) is 15.3.